The predicted molar refractivity (Wildman–Crippen MR) is 73.4 cm³/mol. The van der Waals surface area contributed by atoms with Gasteiger partial charge in [-0.3, -0.25) is 0 Å². The Morgan fingerprint density at radius 1 is 1.37 bits per heavy atom. The fourth-order valence-corrected chi connectivity index (χ4v) is 1.86. The fourth-order valence-electron chi connectivity index (χ4n) is 1.86. The Morgan fingerprint density at radius 3 is 2.68 bits per heavy atom. The maximum Gasteiger partial charge on any atom is 0.340 e. The van der Waals surface area contributed by atoms with Crippen LogP contribution in [-0.4, -0.2) is 22.9 Å². The number of carbonyl (C=O) groups excluding carboxylic acids is 1. The molecule has 2 aromatic rings. The van der Waals surface area contributed by atoms with Crippen LogP contribution in [0.2, 0.25) is 0 Å². The van der Waals surface area contributed by atoms with Crippen molar-refractivity contribution in [1.29, 1.82) is 0 Å². The van der Waals surface area contributed by atoms with Gasteiger partial charge in [0, 0.05) is 6.20 Å². The summed E-state index contributed by atoms with van der Waals surface area (Å²) in [4.78, 5) is 11.8. The number of nitrogens with zero attached hydrogens (tertiary/aromatic N) is 2. The third kappa shape index (κ3) is 2.45. The number of ether oxygens (including phenoxy) is 1. The summed E-state index contributed by atoms with van der Waals surface area (Å²) in [5, 5.41) is 4.45. The maximum absolute atomic E-state index is 11.8. The second-order valence-corrected chi connectivity index (χ2v) is 4.57. The summed E-state index contributed by atoms with van der Waals surface area (Å²) in [6.45, 7) is 4.12. The van der Waals surface area contributed by atoms with Crippen LogP contribution in [0.5, 0.6) is 0 Å². The number of para-hydroxylation sites is 1. The minimum absolute atomic E-state index is 0.313. The van der Waals surface area contributed by atoms with Gasteiger partial charge >= 0.3 is 5.97 Å². The molecule has 0 bridgehead atoms. The number of aromatic nitrogens is 2. The SMILES string of the molecule is COC(=O)c1cccc(N)c1-n1ccc(C(C)C)n1. The molecule has 5 nitrogen and oxygen atoms in total. The molecule has 0 amide bonds. The topological polar surface area (TPSA) is 70.1 Å². The van der Waals surface area contributed by atoms with E-state index in [9.17, 15) is 4.79 Å². The lowest BCUT2D eigenvalue weighted by Gasteiger charge is -2.11. The van der Waals surface area contributed by atoms with Crippen LogP contribution in [0.4, 0.5) is 5.69 Å². The van der Waals surface area contributed by atoms with Gasteiger partial charge in [-0.25, -0.2) is 9.48 Å². The van der Waals surface area contributed by atoms with Crippen LogP contribution in [0.3, 0.4) is 0 Å². The summed E-state index contributed by atoms with van der Waals surface area (Å²) < 4.78 is 6.39. The molecule has 1 heterocycles. The zero-order chi connectivity index (χ0) is 14.0. The summed E-state index contributed by atoms with van der Waals surface area (Å²) in [7, 11) is 1.35. The molecule has 1 aromatic carbocycles. The molecule has 0 saturated carbocycles. The van der Waals surface area contributed by atoms with Gasteiger partial charge < -0.3 is 10.5 Å². The Bertz CT molecular complexity index is 602. The van der Waals surface area contributed by atoms with Gasteiger partial charge in [-0.2, -0.15) is 5.10 Å². The number of nitrogens with two attached hydrogens (primary N) is 1. The van der Waals surface area contributed by atoms with Gasteiger partial charge in [0.1, 0.15) is 5.69 Å². The maximum atomic E-state index is 11.8. The Balaban J connectivity index is 2.56. The van der Waals surface area contributed by atoms with Gasteiger partial charge in [-0.1, -0.05) is 19.9 Å². The molecule has 2 N–H and O–H groups in total. The standard InChI is InChI=1S/C14H17N3O2/c1-9(2)12-7-8-17(16-12)13-10(14(18)19-3)5-4-6-11(13)15/h4-9H,15H2,1-3H3. The number of esters is 1. The molecule has 19 heavy (non-hydrogen) atoms. The summed E-state index contributed by atoms with van der Waals surface area (Å²) in [5.41, 5.74) is 8.35. The van der Waals surface area contributed by atoms with Crippen molar-refractivity contribution in [2.45, 2.75) is 19.8 Å². The van der Waals surface area contributed by atoms with Crippen molar-refractivity contribution in [3.05, 3.63) is 41.7 Å². The molecular formula is C14H17N3O2. The molecule has 5 heteroatoms. The number of hydrogen-bond acceptors (Lipinski definition) is 4. The summed E-state index contributed by atoms with van der Waals surface area (Å²) in [5.74, 6) is -0.114. The van der Waals surface area contributed by atoms with E-state index in [0.717, 1.165) is 5.69 Å². The van der Waals surface area contributed by atoms with Gasteiger partial charge in [0.05, 0.1) is 24.1 Å². The first-order valence-corrected chi connectivity index (χ1v) is 6.07. The highest BCUT2D eigenvalue weighted by Crippen LogP contribution is 2.23. The minimum Gasteiger partial charge on any atom is -0.465 e. The van der Waals surface area contributed by atoms with Crippen LogP contribution in [-0.2, 0) is 4.74 Å². The van der Waals surface area contributed by atoms with E-state index < -0.39 is 5.97 Å². The zero-order valence-electron chi connectivity index (χ0n) is 11.3. The average molecular weight is 259 g/mol. The monoisotopic (exact) mass is 259 g/mol. The first kappa shape index (κ1) is 13.1. The molecule has 0 aliphatic carbocycles. The van der Waals surface area contributed by atoms with Crippen molar-refractivity contribution in [3.63, 3.8) is 0 Å². The number of rotatable bonds is 3. The van der Waals surface area contributed by atoms with Crippen molar-refractivity contribution < 1.29 is 9.53 Å². The molecule has 100 valence electrons. The van der Waals surface area contributed by atoms with Gasteiger partial charge in [-0.15, -0.1) is 0 Å². The van der Waals surface area contributed by atoms with Crippen molar-refractivity contribution >= 4 is 11.7 Å². The average Bonchev–Trinajstić information content (AvgIpc) is 2.87. The zero-order valence-corrected chi connectivity index (χ0v) is 11.3. The number of hydrogen-bond donors (Lipinski definition) is 1. The smallest absolute Gasteiger partial charge is 0.340 e. The van der Waals surface area contributed by atoms with Crippen LogP contribution < -0.4 is 5.73 Å². The van der Waals surface area contributed by atoms with Gasteiger partial charge in [0.25, 0.3) is 0 Å². The quantitative estimate of drug-likeness (QED) is 0.678. The molecule has 0 saturated heterocycles. The third-order valence-electron chi connectivity index (χ3n) is 2.90. The largest absolute Gasteiger partial charge is 0.465 e. The Morgan fingerprint density at radius 2 is 2.11 bits per heavy atom. The molecule has 0 aliphatic heterocycles. The van der Waals surface area contributed by atoms with Crippen molar-refractivity contribution in [3.8, 4) is 5.69 Å². The van der Waals surface area contributed by atoms with E-state index in [2.05, 4.69) is 18.9 Å². The number of carbonyl (C=O) groups is 1. The first-order chi connectivity index (χ1) is 9.04. The third-order valence-corrected chi connectivity index (χ3v) is 2.90. The molecule has 2 rings (SSSR count). The van der Waals surface area contributed by atoms with E-state index in [4.69, 9.17) is 10.5 Å². The number of anilines is 1. The highest BCUT2D eigenvalue weighted by atomic mass is 16.5. The Hall–Kier alpha value is -2.30. The number of nitrogen functional groups attached to an aromatic ring is 1. The van der Waals surface area contributed by atoms with E-state index in [-0.39, 0.29) is 0 Å². The highest BCUT2D eigenvalue weighted by Gasteiger charge is 2.17. The van der Waals surface area contributed by atoms with Crippen LogP contribution in [0.1, 0.15) is 35.8 Å². The van der Waals surface area contributed by atoms with Gasteiger partial charge in [0.15, 0.2) is 0 Å². The highest BCUT2D eigenvalue weighted by molar-refractivity contribution is 5.95. The molecule has 0 radical (unpaired) electrons. The van der Waals surface area contributed by atoms with Crippen molar-refractivity contribution in [2.75, 3.05) is 12.8 Å². The minimum atomic E-state index is -0.427. The van der Waals surface area contributed by atoms with Crippen molar-refractivity contribution in [2.24, 2.45) is 0 Å². The van der Waals surface area contributed by atoms with Crippen LogP contribution >= 0.6 is 0 Å². The summed E-state index contributed by atoms with van der Waals surface area (Å²) in [6, 6.07) is 7.04. The van der Waals surface area contributed by atoms with E-state index in [1.165, 1.54) is 7.11 Å². The second kappa shape index (κ2) is 5.14. The molecule has 0 unspecified atom stereocenters. The molecule has 0 atom stereocenters. The van der Waals surface area contributed by atoms with E-state index in [0.29, 0.717) is 22.9 Å². The van der Waals surface area contributed by atoms with Crippen LogP contribution in [0, 0.1) is 0 Å². The molecular weight excluding hydrogens is 242 g/mol. The van der Waals surface area contributed by atoms with Crippen molar-refractivity contribution in [1.82, 2.24) is 9.78 Å². The molecule has 0 aliphatic rings. The Labute approximate surface area is 112 Å². The normalized spacial score (nSPS) is 10.7. The lowest BCUT2D eigenvalue weighted by molar-refractivity contribution is 0.0600. The van der Waals surface area contributed by atoms with E-state index in [1.54, 1.807) is 29.1 Å². The lowest BCUT2D eigenvalue weighted by atomic mass is 10.1. The second-order valence-electron chi connectivity index (χ2n) is 4.57. The Kier molecular flexibility index (Phi) is 3.55. The fraction of sp³-hybridized carbons (Fsp3) is 0.286. The summed E-state index contributed by atoms with van der Waals surface area (Å²) in [6.07, 6.45) is 1.80. The van der Waals surface area contributed by atoms with E-state index >= 15 is 0 Å². The van der Waals surface area contributed by atoms with E-state index in [1.807, 2.05) is 6.07 Å². The predicted octanol–water partition coefficient (Wildman–Crippen LogP) is 2.36. The summed E-state index contributed by atoms with van der Waals surface area (Å²) >= 11 is 0. The lowest BCUT2D eigenvalue weighted by Crippen LogP contribution is -2.11. The number of benzene rings is 1. The first-order valence-electron chi connectivity index (χ1n) is 6.07. The molecule has 0 spiro atoms. The molecule has 1 aromatic heterocycles. The van der Waals surface area contributed by atoms with Crippen LogP contribution in [0.25, 0.3) is 5.69 Å². The van der Waals surface area contributed by atoms with Gasteiger partial charge in [-0.05, 0) is 24.1 Å². The number of methoxy groups -OCH3 is 1. The van der Waals surface area contributed by atoms with Crippen LogP contribution in [0.15, 0.2) is 30.5 Å². The molecule has 0 fully saturated rings. The van der Waals surface area contributed by atoms with Gasteiger partial charge in [0.2, 0.25) is 0 Å².